The third kappa shape index (κ3) is 3.19. The second-order valence-electron chi connectivity index (χ2n) is 6.47. The van der Waals surface area contributed by atoms with Crippen LogP contribution >= 0.6 is 0 Å². The maximum atomic E-state index is 13.8. The molecule has 1 aliphatic carbocycles. The van der Waals surface area contributed by atoms with Gasteiger partial charge in [0.05, 0.1) is 17.3 Å². The fraction of sp³-hybridized carbons (Fsp3) is 0.389. The summed E-state index contributed by atoms with van der Waals surface area (Å²) in [4.78, 5) is 8.62. The summed E-state index contributed by atoms with van der Waals surface area (Å²) < 4.78 is 24.7. The monoisotopic (exact) mass is 342 g/mol. The second-order valence-corrected chi connectivity index (χ2v) is 6.47. The first-order chi connectivity index (χ1) is 12.1. The van der Waals surface area contributed by atoms with E-state index in [0.29, 0.717) is 41.8 Å². The molecule has 0 bridgehead atoms. The lowest BCUT2D eigenvalue weighted by Gasteiger charge is -2.17. The van der Waals surface area contributed by atoms with E-state index in [-0.39, 0.29) is 5.82 Å². The highest BCUT2D eigenvalue weighted by atomic mass is 19.1. The molecule has 1 fully saturated rings. The summed E-state index contributed by atoms with van der Waals surface area (Å²) in [5.41, 5.74) is 6.27. The maximum Gasteiger partial charge on any atom is 0.227 e. The molecule has 25 heavy (non-hydrogen) atoms. The Bertz CT molecular complexity index is 867. The Hall–Kier alpha value is -2.54. The molecule has 0 spiro atoms. The number of nitrogens with two attached hydrogens (primary N) is 1. The molecule has 4 rings (SSSR count). The average Bonchev–Trinajstić information content (AvgIpc) is 3.34. The van der Waals surface area contributed by atoms with E-state index in [9.17, 15) is 4.39 Å². The van der Waals surface area contributed by atoms with Crippen LogP contribution in [0.4, 0.5) is 4.39 Å². The number of hydrogen-bond acceptors (Lipinski definition) is 6. The molecule has 130 valence electrons. The Morgan fingerprint density at radius 1 is 1.12 bits per heavy atom. The number of halogens is 1. The van der Waals surface area contributed by atoms with Gasteiger partial charge in [-0.2, -0.15) is 4.98 Å². The highest BCUT2D eigenvalue weighted by Gasteiger charge is 2.35. The molecule has 2 N–H and O–H groups in total. The summed E-state index contributed by atoms with van der Waals surface area (Å²) in [6, 6.07) is 6.44. The molecule has 0 amide bonds. The van der Waals surface area contributed by atoms with E-state index in [2.05, 4.69) is 15.1 Å². The van der Waals surface area contributed by atoms with E-state index in [0.717, 1.165) is 25.7 Å². The van der Waals surface area contributed by atoms with E-state index in [4.69, 9.17) is 14.7 Å². The number of rotatable bonds is 5. The fourth-order valence-electron chi connectivity index (χ4n) is 3.21. The molecule has 1 saturated carbocycles. The lowest BCUT2D eigenvalue weighted by molar-refractivity contribution is 0.346. The largest absolute Gasteiger partial charge is 0.441 e. The first kappa shape index (κ1) is 16.0. The van der Waals surface area contributed by atoms with Crippen LogP contribution in [0.25, 0.3) is 11.3 Å². The Kier molecular flexibility index (Phi) is 4.09. The van der Waals surface area contributed by atoms with Crippen molar-refractivity contribution >= 4 is 0 Å². The number of aryl methyl sites for hydroxylation is 2. The maximum absolute atomic E-state index is 13.8. The van der Waals surface area contributed by atoms with Crippen LogP contribution in [-0.2, 0) is 18.4 Å². The summed E-state index contributed by atoms with van der Waals surface area (Å²) >= 11 is 0. The Morgan fingerprint density at radius 3 is 2.68 bits per heavy atom. The first-order valence-electron chi connectivity index (χ1n) is 8.46. The van der Waals surface area contributed by atoms with E-state index >= 15 is 0 Å². The first-order valence-corrected chi connectivity index (χ1v) is 8.46. The lowest BCUT2D eigenvalue weighted by atomic mass is 9.99. The summed E-state index contributed by atoms with van der Waals surface area (Å²) in [5.74, 6) is 1.67. The van der Waals surface area contributed by atoms with Gasteiger partial charge in [0, 0.05) is 12.8 Å². The van der Waals surface area contributed by atoms with Gasteiger partial charge in [-0.1, -0.05) is 30.1 Å². The Balaban J connectivity index is 1.43. The minimum absolute atomic E-state index is 0.337. The SMILES string of the molecule is NC1(c2noc(CCc3ncc(-c4ccccc4F)o3)n2)CCCC1. The molecule has 0 aliphatic heterocycles. The average molecular weight is 342 g/mol. The Labute approximate surface area is 144 Å². The third-order valence-corrected chi connectivity index (χ3v) is 4.65. The van der Waals surface area contributed by atoms with Crippen molar-refractivity contribution in [2.45, 2.75) is 44.1 Å². The van der Waals surface area contributed by atoms with Gasteiger partial charge in [0.25, 0.3) is 0 Å². The predicted octanol–water partition coefficient (Wildman–Crippen LogP) is 3.38. The van der Waals surface area contributed by atoms with Gasteiger partial charge in [-0.05, 0) is 25.0 Å². The topological polar surface area (TPSA) is 91.0 Å². The van der Waals surface area contributed by atoms with Crippen molar-refractivity contribution in [2.24, 2.45) is 5.73 Å². The highest BCUT2D eigenvalue weighted by molar-refractivity contribution is 5.56. The molecule has 1 aromatic carbocycles. The molecule has 1 aliphatic rings. The zero-order valence-electron chi connectivity index (χ0n) is 13.7. The normalized spacial score (nSPS) is 16.4. The van der Waals surface area contributed by atoms with Crippen LogP contribution in [0.2, 0.25) is 0 Å². The standard InChI is InChI=1S/C18H19FN4O2/c19-13-6-2-1-5-12(13)14-11-21-15(24-14)7-8-16-22-17(23-25-16)18(20)9-3-4-10-18/h1-2,5-6,11H,3-4,7-10,20H2. The molecule has 0 atom stereocenters. The van der Waals surface area contributed by atoms with Gasteiger partial charge < -0.3 is 14.7 Å². The number of hydrogen-bond donors (Lipinski definition) is 1. The molecule has 2 heterocycles. The van der Waals surface area contributed by atoms with Crippen molar-refractivity contribution in [3.05, 3.63) is 53.9 Å². The van der Waals surface area contributed by atoms with E-state index < -0.39 is 5.54 Å². The summed E-state index contributed by atoms with van der Waals surface area (Å²) in [5, 5.41) is 4.03. The van der Waals surface area contributed by atoms with Crippen LogP contribution < -0.4 is 5.73 Å². The van der Waals surface area contributed by atoms with Gasteiger partial charge in [-0.25, -0.2) is 9.37 Å². The zero-order chi connectivity index (χ0) is 17.3. The molecule has 0 saturated heterocycles. The number of oxazole rings is 1. The molecule has 0 radical (unpaired) electrons. The van der Waals surface area contributed by atoms with Crippen molar-refractivity contribution in [1.82, 2.24) is 15.1 Å². The van der Waals surface area contributed by atoms with Crippen molar-refractivity contribution in [3.63, 3.8) is 0 Å². The molecular formula is C18H19FN4O2. The van der Waals surface area contributed by atoms with Crippen molar-refractivity contribution in [2.75, 3.05) is 0 Å². The van der Waals surface area contributed by atoms with Gasteiger partial charge in [-0.15, -0.1) is 0 Å². The van der Waals surface area contributed by atoms with Gasteiger partial charge >= 0.3 is 0 Å². The van der Waals surface area contributed by atoms with Crippen LogP contribution in [0.5, 0.6) is 0 Å². The van der Waals surface area contributed by atoms with Crippen LogP contribution in [-0.4, -0.2) is 15.1 Å². The van der Waals surface area contributed by atoms with Gasteiger partial charge in [0.2, 0.25) is 5.89 Å². The molecular weight excluding hydrogens is 323 g/mol. The van der Waals surface area contributed by atoms with Gasteiger partial charge in [0.1, 0.15) is 5.82 Å². The van der Waals surface area contributed by atoms with E-state index in [1.54, 1.807) is 18.2 Å². The van der Waals surface area contributed by atoms with Crippen molar-refractivity contribution < 1.29 is 13.3 Å². The zero-order valence-corrected chi connectivity index (χ0v) is 13.7. The smallest absolute Gasteiger partial charge is 0.227 e. The molecule has 2 aromatic heterocycles. The van der Waals surface area contributed by atoms with E-state index in [1.165, 1.54) is 12.3 Å². The van der Waals surface area contributed by atoms with Crippen molar-refractivity contribution in [3.8, 4) is 11.3 Å². The van der Waals surface area contributed by atoms with Crippen LogP contribution in [0.15, 0.2) is 39.4 Å². The van der Waals surface area contributed by atoms with Crippen molar-refractivity contribution in [1.29, 1.82) is 0 Å². The molecule has 7 heteroatoms. The molecule has 0 unspecified atom stereocenters. The minimum atomic E-state index is -0.456. The number of nitrogens with zero attached hydrogens (tertiary/aromatic N) is 3. The quantitative estimate of drug-likeness (QED) is 0.764. The molecule has 6 nitrogen and oxygen atoms in total. The predicted molar refractivity (Wildman–Crippen MR) is 87.9 cm³/mol. The Morgan fingerprint density at radius 2 is 1.88 bits per heavy atom. The van der Waals surface area contributed by atoms with Crippen LogP contribution in [0.1, 0.15) is 43.3 Å². The minimum Gasteiger partial charge on any atom is -0.441 e. The highest BCUT2D eigenvalue weighted by Crippen LogP contribution is 2.34. The summed E-state index contributed by atoms with van der Waals surface area (Å²) in [6.07, 6.45) is 6.48. The summed E-state index contributed by atoms with van der Waals surface area (Å²) in [6.45, 7) is 0. The molecule has 3 aromatic rings. The lowest BCUT2D eigenvalue weighted by Crippen LogP contribution is -2.34. The van der Waals surface area contributed by atoms with E-state index in [1.807, 2.05) is 0 Å². The fourth-order valence-corrected chi connectivity index (χ4v) is 3.21. The second kappa shape index (κ2) is 6.40. The van der Waals surface area contributed by atoms with Crippen LogP contribution in [0.3, 0.4) is 0 Å². The number of aromatic nitrogens is 3. The third-order valence-electron chi connectivity index (χ3n) is 4.65. The van der Waals surface area contributed by atoms with Gasteiger partial charge in [0.15, 0.2) is 17.5 Å². The van der Waals surface area contributed by atoms with Crippen LogP contribution in [0, 0.1) is 5.82 Å². The summed E-state index contributed by atoms with van der Waals surface area (Å²) in [7, 11) is 0. The van der Waals surface area contributed by atoms with Gasteiger partial charge in [-0.3, -0.25) is 0 Å². The number of benzene rings is 1.